The molecule has 0 aliphatic carbocycles. The third kappa shape index (κ3) is 6.58. The second kappa shape index (κ2) is 10.4. The van der Waals surface area contributed by atoms with Gasteiger partial charge in [0.2, 0.25) is 5.91 Å². The highest BCUT2D eigenvalue weighted by atomic mass is 16.5. The minimum atomic E-state index is -0.305. The van der Waals surface area contributed by atoms with Crippen molar-refractivity contribution in [1.29, 1.82) is 0 Å². The van der Waals surface area contributed by atoms with Crippen molar-refractivity contribution in [2.24, 2.45) is 0 Å². The van der Waals surface area contributed by atoms with Gasteiger partial charge < -0.3 is 14.8 Å². The summed E-state index contributed by atoms with van der Waals surface area (Å²) in [6.45, 7) is 5.31. The van der Waals surface area contributed by atoms with Gasteiger partial charge in [0, 0.05) is 20.2 Å². The molecule has 29 heavy (non-hydrogen) atoms. The maximum absolute atomic E-state index is 12.4. The molecular formula is C24H32N2O3. The van der Waals surface area contributed by atoms with Crippen LogP contribution in [0.15, 0.2) is 54.6 Å². The van der Waals surface area contributed by atoms with Crippen LogP contribution < -0.4 is 10.1 Å². The summed E-state index contributed by atoms with van der Waals surface area (Å²) in [6, 6.07) is 18.1. The van der Waals surface area contributed by atoms with Crippen LogP contribution in [0.25, 0.3) is 0 Å². The molecule has 0 bridgehead atoms. The summed E-state index contributed by atoms with van der Waals surface area (Å²) in [5, 5.41) is 3.02. The van der Waals surface area contributed by atoms with Gasteiger partial charge in [-0.15, -0.1) is 0 Å². The molecule has 1 heterocycles. The fourth-order valence-corrected chi connectivity index (χ4v) is 3.69. The predicted molar refractivity (Wildman–Crippen MR) is 115 cm³/mol. The maximum Gasteiger partial charge on any atom is 0.234 e. The van der Waals surface area contributed by atoms with Crippen LogP contribution in [0, 0.1) is 6.92 Å². The lowest BCUT2D eigenvalue weighted by Gasteiger charge is -2.31. The number of hydrogen-bond donors (Lipinski definition) is 1. The Morgan fingerprint density at radius 1 is 1.07 bits per heavy atom. The number of nitrogens with one attached hydrogen (secondary N) is 1. The van der Waals surface area contributed by atoms with E-state index >= 15 is 0 Å². The molecule has 0 radical (unpaired) electrons. The van der Waals surface area contributed by atoms with E-state index in [1.54, 1.807) is 7.11 Å². The second-order valence-electron chi connectivity index (χ2n) is 7.88. The molecule has 1 aliphatic rings. The molecule has 3 rings (SSSR count). The molecule has 0 spiro atoms. The molecule has 156 valence electrons. The number of nitrogens with zero attached hydrogens (tertiary/aromatic N) is 1. The number of hydrogen-bond acceptors (Lipinski definition) is 4. The zero-order valence-electron chi connectivity index (χ0n) is 17.5. The van der Waals surface area contributed by atoms with E-state index in [1.807, 2.05) is 42.5 Å². The lowest BCUT2D eigenvalue weighted by atomic mass is 9.95. The van der Waals surface area contributed by atoms with Crippen molar-refractivity contribution < 1.29 is 14.3 Å². The molecule has 1 N–H and O–H groups in total. The minimum absolute atomic E-state index is 0.0645. The van der Waals surface area contributed by atoms with Crippen molar-refractivity contribution in [3.05, 3.63) is 65.7 Å². The summed E-state index contributed by atoms with van der Waals surface area (Å²) in [6.07, 6.45) is 2.76. The summed E-state index contributed by atoms with van der Waals surface area (Å²) in [7, 11) is 1.76. The van der Waals surface area contributed by atoms with Crippen molar-refractivity contribution in [3.63, 3.8) is 0 Å². The number of benzene rings is 2. The van der Waals surface area contributed by atoms with Crippen LogP contribution in [0.4, 0.5) is 0 Å². The van der Waals surface area contributed by atoms with Crippen LogP contribution in [0.3, 0.4) is 0 Å². The highest BCUT2D eigenvalue weighted by molar-refractivity contribution is 5.78. The Kier molecular flexibility index (Phi) is 7.67. The monoisotopic (exact) mass is 396 g/mol. The largest absolute Gasteiger partial charge is 0.491 e. The van der Waals surface area contributed by atoms with Gasteiger partial charge in [0.15, 0.2) is 0 Å². The molecule has 0 unspecified atom stereocenters. The van der Waals surface area contributed by atoms with Gasteiger partial charge in [-0.1, -0.05) is 48.0 Å². The first kappa shape index (κ1) is 21.3. The lowest BCUT2D eigenvalue weighted by molar-refractivity contribution is -0.122. The normalized spacial score (nSPS) is 20.1. The standard InChI is InChI=1S/C24H32N2O3/c1-20-9-11-22(12-10-20)29-19-24(28-2)13-6-15-26(16-14-24)18-23(27)25-17-21-7-4-3-5-8-21/h3-5,7-12H,6,13-19H2,1-2H3,(H,25,27)/t24-/m0/s1. The van der Waals surface area contributed by atoms with E-state index in [9.17, 15) is 4.79 Å². The van der Waals surface area contributed by atoms with E-state index in [4.69, 9.17) is 9.47 Å². The Balaban J connectivity index is 1.47. The molecule has 2 aromatic rings. The van der Waals surface area contributed by atoms with E-state index in [0.29, 0.717) is 19.7 Å². The summed E-state index contributed by atoms with van der Waals surface area (Å²) in [5.41, 5.74) is 2.03. The molecule has 5 heteroatoms. The number of carbonyl (C=O) groups is 1. The van der Waals surface area contributed by atoms with Crippen LogP contribution in [0.1, 0.15) is 30.4 Å². The molecular weight excluding hydrogens is 364 g/mol. The molecule has 1 saturated heterocycles. The van der Waals surface area contributed by atoms with E-state index in [1.165, 1.54) is 5.56 Å². The topological polar surface area (TPSA) is 50.8 Å². The zero-order chi connectivity index (χ0) is 20.5. The molecule has 1 aliphatic heterocycles. The summed E-state index contributed by atoms with van der Waals surface area (Å²) in [5.74, 6) is 0.933. The zero-order valence-corrected chi connectivity index (χ0v) is 17.5. The van der Waals surface area contributed by atoms with Crippen LogP contribution in [0.2, 0.25) is 0 Å². The van der Waals surface area contributed by atoms with Crippen molar-refractivity contribution in [2.45, 2.75) is 38.3 Å². The first-order valence-corrected chi connectivity index (χ1v) is 10.4. The molecule has 0 saturated carbocycles. The summed E-state index contributed by atoms with van der Waals surface area (Å²) >= 11 is 0. The van der Waals surface area contributed by atoms with Crippen LogP contribution >= 0.6 is 0 Å². The quantitative estimate of drug-likeness (QED) is 0.741. The Bertz CT molecular complexity index is 763. The first-order chi connectivity index (χ1) is 14.1. The minimum Gasteiger partial charge on any atom is -0.491 e. The van der Waals surface area contributed by atoms with E-state index in [2.05, 4.69) is 29.3 Å². The van der Waals surface area contributed by atoms with E-state index in [-0.39, 0.29) is 11.5 Å². The second-order valence-corrected chi connectivity index (χ2v) is 7.88. The maximum atomic E-state index is 12.4. The van der Waals surface area contributed by atoms with Crippen LogP contribution in [-0.2, 0) is 16.1 Å². The molecule has 0 aromatic heterocycles. The van der Waals surface area contributed by atoms with Crippen LogP contribution in [0.5, 0.6) is 5.75 Å². The van der Waals surface area contributed by atoms with Crippen molar-refractivity contribution in [2.75, 3.05) is 33.4 Å². The first-order valence-electron chi connectivity index (χ1n) is 10.4. The molecule has 5 nitrogen and oxygen atoms in total. The highest BCUT2D eigenvalue weighted by Gasteiger charge is 2.34. The SMILES string of the molecule is CO[C@@]1(COc2ccc(C)cc2)CCCN(CC(=O)NCc2ccccc2)CC1. The molecule has 1 fully saturated rings. The third-order valence-corrected chi connectivity index (χ3v) is 5.65. The fourth-order valence-electron chi connectivity index (χ4n) is 3.69. The van der Waals surface area contributed by atoms with Gasteiger partial charge in [0.1, 0.15) is 18.0 Å². The number of carbonyl (C=O) groups excluding carboxylic acids is 1. The van der Waals surface area contributed by atoms with Gasteiger partial charge in [-0.25, -0.2) is 0 Å². The Morgan fingerprint density at radius 3 is 2.55 bits per heavy atom. The number of methoxy groups -OCH3 is 1. The van der Waals surface area contributed by atoms with Crippen LogP contribution in [-0.4, -0.2) is 49.8 Å². The summed E-state index contributed by atoms with van der Waals surface area (Å²) in [4.78, 5) is 14.6. The molecule has 1 atom stereocenters. The lowest BCUT2D eigenvalue weighted by Crippen LogP contribution is -2.41. The Labute approximate surface area is 174 Å². The van der Waals surface area contributed by atoms with Gasteiger partial charge in [-0.2, -0.15) is 0 Å². The van der Waals surface area contributed by atoms with Gasteiger partial charge in [0.25, 0.3) is 0 Å². The average molecular weight is 397 g/mol. The van der Waals surface area contributed by atoms with E-state index < -0.39 is 0 Å². The van der Waals surface area contributed by atoms with Crippen molar-refractivity contribution in [3.8, 4) is 5.75 Å². The number of aryl methyl sites for hydroxylation is 1. The molecule has 1 amide bonds. The van der Waals surface area contributed by atoms with Crippen molar-refractivity contribution >= 4 is 5.91 Å². The summed E-state index contributed by atoms with van der Waals surface area (Å²) < 4.78 is 11.9. The van der Waals surface area contributed by atoms with Gasteiger partial charge in [0.05, 0.1) is 6.54 Å². The number of likely N-dealkylation sites (tertiary alicyclic amines) is 1. The third-order valence-electron chi connectivity index (χ3n) is 5.65. The van der Waals surface area contributed by atoms with Gasteiger partial charge >= 0.3 is 0 Å². The number of amides is 1. The van der Waals surface area contributed by atoms with Gasteiger partial charge in [-0.3, -0.25) is 9.69 Å². The number of rotatable bonds is 8. The highest BCUT2D eigenvalue weighted by Crippen LogP contribution is 2.27. The van der Waals surface area contributed by atoms with Crippen molar-refractivity contribution in [1.82, 2.24) is 10.2 Å². The predicted octanol–water partition coefficient (Wildman–Crippen LogP) is 3.56. The Hall–Kier alpha value is -2.37. The number of ether oxygens (including phenoxy) is 2. The average Bonchev–Trinajstić information content (AvgIpc) is 2.95. The molecule has 2 aromatic carbocycles. The van der Waals surface area contributed by atoms with Gasteiger partial charge in [-0.05, 0) is 50.4 Å². The Morgan fingerprint density at radius 2 is 1.83 bits per heavy atom. The fraction of sp³-hybridized carbons (Fsp3) is 0.458. The van der Waals surface area contributed by atoms with E-state index in [0.717, 1.165) is 43.7 Å². The smallest absolute Gasteiger partial charge is 0.234 e.